The number of amides is 1. The fourth-order valence-corrected chi connectivity index (χ4v) is 3.68. The number of phenolic OH excluding ortho intramolecular Hbond substituents is 1. The van der Waals surface area contributed by atoms with Crippen molar-refractivity contribution in [2.75, 3.05) is 44.2 Å². The lowest BCUT2D eigenvalue weighted by Crippen LogP contribution is -2.55. The highest BCUT2D eigenvalue weighted by Gasteiger charge is 2.30. The van der Waals surface area contributed by atoms with Gasteiger partial charge in [-0.05, 0) is 49.9 Å². The molecule has 2 heterocycles. The Balaban J connectivity index is 1.52. The van der Waals surface area contributed by atoms with E-state index in [1.165, 1.54) is 0 Å². The number of rotatable bonds is 3. The molecule has 2 saturated heterocycles. The van der Waals surface area contributed by atoms with Crippen molar-refractivity contribution in [3.8, 4) is 5.75 Å². The minimum atomic E-state index is -0.0274. The van der Waals surface area contributed by atoms with E-state index in [9.17, 15) is 9.90 Å². The number of anilines is 1. The first kappa shape index (κ1) is 17.1. The van der Waals surface area contributed by atoms with Gasteiger partial charge in [0.15, 0.2) is 0 Å². The quantitative estimate of drug-likeness (QED) is 0.922. The van der Waals surface area contributed by atoms with Gasteiger partial charge in [0.1, 0.15) is 5.75 Å². The van der Waals surface area contributed by atoms with Gasteiger partial charge < -0.3 is 14.9 Å². The Morgan fingerprint density at radius 2 is 1.62 bits per heavy atom. The molecule has 0 aromatic heterocycles. The molecule has 1 N–H and O–H groups in total. The molecule has 1 aromatic carbocycles. The number of nitrogens with zero attached hydrogens (tertiary/aromatic N) is 3. The van der Waals surface area contributed by atoms with Gasteiger partial charge in [0, 0.05) is 45.0 Å². The highest BCUT2D eigenvalue weighted by Crippen LogP contribution is 2.22. The van der Waals surface area contributed by atoms with Crippen molar-refractivity contribution in [1.82, 2.24) is 9.80 Å². The minimum absolute atomic E-state index is 0.0274. The predicted octanol–water partition coefficient (Wildman–Crippen LogP) is 2.16. The van der Waals surface area contributed by atoms with Crippen molar-refractivity contribution >= 4 is 11.6 Å². The first-order chi connectivity index (χ1) is 11.5. The van der Waals surface area contributed by atoms with E-state index in [4.69, 9.17) is 0 Å². The number of carbonyl (C=O) groups excluding carboxylic acids is 1. The lowest BCUT2D eigenvalue weighted by atomic mass is 9.98. The first-order valence-corrected chi connectivity index (χ1v) is 9.11. The third-order valence-electron chi connectivity index (χ3n) is 5.53. The Hall–Kier alpha value is -1.75. The summed E-state index contributed by atoms with van der Waals surface area (Å²) in [7, 11) is 0. The zero-order valence-electron chi connectivity index (χ0n) is 14.8. The van der Waals surface area contributed by atoms with Crippen molar-refractivity contribution in [2.45, 2.75) is 32.7 Å². The molecule has 1 unspecified atom stereocenters. The van der Waals surface area contributed by atoms with Gasteiger partial charge in [0.2, 0.25) is 5.91 Å². The van der Waals surface area contributed by atoms with Crippen LogP contribution in [0, 0.1) is 5.92 Å². The standard InChI is InChI=1S/C19H29N3O2/c1-15-7-9-22(10-8-15)19(24)16(2)20-11-13-21(14-12-20)17-3-5-18(23)6-4-17/h3-6,15-16,23H,7-14H2,1-2H3. The Labute approximate surface area is 144 Å². The van der Waals surface area contributed by atoms with Crippen LogP contribution in [0.5, 0.6) is 5.75 Å². The Morgan fingerprint density at radius 3 is 2.21 bits per heavy atom. The largest absolute Gasteiger partial charge is 0.508 e. The second kappa shape index (κ2) is 7.43. The van der Waals surface area contributed by atoms with E-state index in [1.54, 1.807) is 12.1 Å². The van der Waals surface area contributed by atoms with Crippen molar-refractivity contribution in [1.29, 1.82) is 0 Å². The number of carbonyl (C=O) groups is 1. The third-order valence-corrected chi connectivity index (χ3v) is 5.53. The van der Waals surface area contributed by atoms with Crippen molar-refractivity contribution in [3.63, 3.8) is 0 Å². The summed E-state index contributed by atoms with van der Waals surface area (Å²) in [4.78, 5) is 19.4. The number of likely N-dealkylation sites (tertiary alicyclic amines) is 1. The fraction of sp³-hybridized carbons (Fsp3) is 0.632. The van der Waals surface area contributed by atoms with Gasteiger partial charge in [0.05, 0.1) is 6.04 Å². The van der Waals surface area contributed by atoms with E-state index in [-0.39, 0.29) is 6.04 Å². The van der Waals surface area contributed by atoms with Crippen molar-refractivity contribution in [2.24, 2.45) is 5.92 Å². The van der Waals surface area contributed by atoms with Crippen LogP contribution in [0.15, 0.2) is 24.3 Å². The van der Waals surface area contributed by atoms with Gasteiger partial charge >= 0.3 is 0 Å². The fourth-order valence-electron chi connectivity index (χ4n) is 3.68. The summed E-state index contributed by atoms with van der Waals surface area (Å²) in [6, 6.07) is 7.33. The molecule has 2 aliphatic heterocycles. The highest BCUT2D eigenvalue weighted by atomic mass is 16.3. The van der Waals surface area contributed by atoms with Crippen LogP contribution in [0.1, 0.15) is 26.7 Å². The molecular weight excluding hydrogens is 302 g/mol. The molecule has 0 bridgehead atoms. The highest BCUT2D eigenvalue weighted by molar-refractivity contribution is 5.81. The van der Waals surface area contributed by atoms with Gasteiger partial charge in [0.25, 0.3) is 0 Å². The van der Waals surface area contributed by atoms with Crippen molar-refractivity contribution < 1.29 is 9.90 Å². The molecule has 2 fully saturated rings. The van der Waals surface area contributed by atoms with Gasteiger partial charge in [-0.2, -0.15) is 0 Å². The Kier molecular flexibility index (Phi) is 5.29. The van der Waals surface area contributed by atoms with Gasteiger partial charge in [-0.25, -0.2) is 0 Å². The molecular formula is C19H29N3O2. The van der Waals surface area contributed by atoms with E-state index in [2.05, 4.69) is 28.5 Å². The minimum Gasteiger partial charge on any atom is -0.508 e. The predicted molar refractivity (Wildman–Crippen MR) is 96.3 cm³/mol. The molecule has 1 aromatic rings. The maximum atomic E-state index is 12.7. The molecule has 0 radical (unpaired) electrons. The summed E-state index contributed by atoms with van der Waals surface area (Å²) in [5, 5.41) is 9.40. The van der Waals surface area contributed by atoms with Crippen LogP contribution in [0.4, 0.5) is 5.69 Å². The Morgan fingerprint density at radius 1 is 1.04 bits per heavy atom. The van der Waals surface area contributed by atoms with E-state index >= 15 is 0 Å². The lowest BCUT2D eigenvalue weighted by molar-refractivity contribution is -0.137. The number of hydrogen-bond acceptors (Lipinski definition) is 4. The van der Waals surface area contributed by atoms with Crippen LogP contribution < -0.4 is 4.90 Å². The first-order valence-electron chi connectivity index (χ1n) is 9.11. The topological polar surface area (TPSA) is 47.0 Å². The summed E-state index contributed by atoms with van der Waals surface area (Å²) in [6.45, 7) is 9.79. The molecule has 0 spiro atoms. The number of benzene rings is 1. The molecule has 0 aliphatic carbocycles. The summed E-state index contributed by atoms with van der Waals surface area (Å²) in [6.07, 6.45) is 2.26. The van der Waals surface area contributed by atoms with Crippen molar-refractivity contribution in [3.05, 3.63) is 24.3 Å². The summed E-state index contributed by atoms with van der Waals surface area (Å²) < 4.78 is 0. The third kappa shape index (κ3) is 3.83. The van der Waals surface area contributed by atoms with Crippen LogP contribution in [0.2, 0.25) is 0 Å². The van der Waals surface area contributed by atoms with Crippen LogP contribution in [0.25, 0.3) is 0 Å². The van der Waals surface area contributed by atoms with Gasteiger partial charge in [-0.1, -0.05) is 6.92 Å². The normalized spacial score (nSPS) is 21.8. The van der Waals surface area contributed by atoms with E-state index < -0.39 is 0 Å². The van der Waals surface area contributed by atoms with Crippen LogP contribution in [-0.2, 0) is 4.79 Å². The van der Waals surface area contributed by atoms with Crippen LogP contribution >= 0.6 is 0 Å². The molecule has 5 nitrogen and oxygen atoms in total. The number of piperidine rings is 1. The van der Waals surface area contributed by atoms with E-state index in [1.807, 2.05) is 12.1 Å². The molecule has 2 aliphatic rings. The molecule has 0 saturated carbocycles. The molecule has 3 rings (SSSR count). The zero-order chi connectivity index (χ0) is 17.1. The monoisotopic (exact) mass is 331 g/mol. The summed E-state index contributed by atoms with van der Waals surface area (Å²) in [5.74, 6) is 1.34. The van der Waals surface area contributed by atoms with Crippen LogP contribution in [-0.4, -0.2) is 66.1 Å². The Bertz CT molecular complexity index is 544. The second-order valence-electron chi connectivity index (χ2n) is 7.22. The zero-order valence-corrected chi connectivity index (χ0v) is 14.8. The maximum absolute atomic E-state index is 12.7. The smallest absolute Gasteiger partial charge is 0.239 e. The summed E-state index contributed by atoms with van der Waals surface area (Å²) >= 11 is 0. The number of aromatic hydroxyl groups is 1. The molecule has 24 heavy (non-hydrogen) atoms. The SMILES string of the molecule is CC1CCN(C(=O)C(C)N2CCN(c3ccc(O)cc3)CC2)CC1. The molecule has 132 valence electrons. The molecule has 1 atom stereocenters. The molecule has 1 amide bonds. The van der Waals surface area contributed by atoms with Gasteiger partial charge in [-0.3, -0.25) is 9.69 Å². The van der Waals surface area contributed by atoms with Gasteiger partial charge in [-0.15, -0.1) is 0 Å². The van der Waals surface area contributed by atoms with E-state index in [0.717, 1.165) is 63.7 Å². The number of hydrogen-bond donors (Lipinski definition) is 1. The molecule has 5 heteroatoms. The van der Waals surface area contributed by atoms with Crippen LogP contribution in [0.3, 0.4) is 0 Å². The second-order valence-corrected chi connectivity index (χ2v) is 7.22. The average Bonchev–Trinajstić information content (AvgIpc) is 2.62. The van der Waals surface area contributed by atoms with E-state index in [0.29, 0.717) is 11.7 Å². The summed E-state index contributed by atoms with van der Waals surface area (Å²) in [5.41, 5.74) is 1.14. The number of piperazine rings is 1. The maximum Gasteiger partial charge on any atom is 0.239 e. The average molecular weight is 331 g/mol. The number of phenols is 1. The lowest BCUT2D eigenvalue weighted by Gasteiger charge is -2.40.